The van der Waals surface area contributed by atoms with Gasteiger partial charge in [-0.25, -0.2) is 9.78 Å². The number of rotatable bonds is 7. The summed E-state index contributed by atoms with van der Waals surface area (Å²) in [5.74, 6) is -1.86. The molecule has 0 saturated carbocycles. The molecule has 2 atom stereocenters. The number of carbonyl (C=O) groups is 3. The van der Waals surface area contributed by atoms with Crippen molar-refractivity contribution in [3.8, 4) is 0 Å². The summed E-state index contributed by atoms with van der Waals surface area (Å²) >= 11 is 2.57. The maximum absolute atomic E-state index is 13.1. The van der Waals surface area contributed by atoms with Crippen LogP contribution in [0.4, 0.5) is 5.13 Å². The van der Waals surface area contributed by atoms with E-state index in [2.05, 4.69) is 26.1 Å². The Morgan fingerprint density at radius 1 is 1.39 bits per heavy atom. The minimum atomic E-state index is -1.15. The Balaban J connectivity index is 1.36. The number of thioether (sulfide) groups is 1. The van der Waals surface area contributed by atoms with Gasteiger partial charge in [-0.2, -0.15) is 4.57 Å². The fourth-order valence-electron chi connectivity index (χ4n) is 4.83. The number of carbonyl (C=O) groups excluding carboxylic acids is 2. The Bertz CT molecular complexity index is 1310. The normalized spacial score (nSPS) is 21.4. The minimum absolute atomic E-state index is 0.00628. The number of nitrogens with two attached hydrogens (primary N) is 1. The van der Waals surface area contributed by atoms with Gasteiger partial charge in [0.1, 0.15) is 29.9 Å². The summed E-state index contributed by atoms with van der Waals surface area (Å²) in [4.78, 5) is 48.4. The SMILES string of the molecule is CON=C(C(=O)N[C@@H]1C(=O)N2C(C(=O)O)=C(C[n+]3cccc4c3CCCC4)CSC12)c1csc(N)n1. The zero-order valence-electron chi connectivity index (χ0n) is 19.5. The van der Waals surface area contributed by atoms with Crippen molar-refractivity contribution in [2.45, 2.75) is 43.6 Å². The second-order valence-corrected chi connectivity index (χ2v) is 10.6. The molecule has 188 valence electrons. The number of pyridine rings is 1. The van der Waals surface area contributed by atoms with Crippen molar-refractivity contribution in [3.63, 3.8) is 0 Å². The van der Waals surface area contributed by atoms with Gasteiger partial charge in [0.05, 0.1) is 0 Å². The first kappa shape index (κ1) is 24.3. The summed E-state index contributed by atoms with van der Waals surface area (Å²) in [5.41, 5.74) is 8.96. The molecular formula is C23H25N6O5S2+. The molecule has 2 aromatic rings. The quantitative estimate of drug-likeness (QED) is 0.205. The zero-order valence-corrected chi connectivity index (χ0v) is 21.1. The molecule has 1 saturated heterocycles. The first-order valence-corrected chi connectivity index (χ1v) is 13.4. The number of oxime groups is 1. The van der Waals surface area contributed by atoms with Gasteiger partial charge in [-0.15, -0.1) is 23.1 Å². The number of hydrogen-bond acceptors (Lipinski definition) is 9. The number of nitrogens with zero attached hydrogens (tertiary/aromatic N) is 4. The number of nitrogen functional groups attached to an aromatic ring is 1. The molecule has 1 aliphatic carbocycles. The molecule has 0 aromatic carbocycles. The van der Waals surface area contributed by atoms with E-state index in [4.69, 9.17) is 10.6 Å². The highest BCUT2D eigenvalue weighted by Gasteiger charge is 2.55. The number of anilines is 1. The maximum atomic E-state index is 13.1. The summed E-state index contributed by atoms with van der Waals surface area (Å²) in [6.07, 6.45) is 6.20. The van der Waals surface area contributed by atoms with E-state index in [1.807, 2.05) is 12.3 Å². The smallest absolute Gasteiger partial charge is 0.352 e. The topological polar surface area (TPSA) is 151 Å². The zero-order chi connectivity index (χ0) is 25.4. The molecule has 36 heavy (non-hydrogen) atoms. The van der Waals surface area contributed by atoms with Crippen LogP contribution in [0.3, 0.4) is 0 Å². The summed E-state index contributed by atoms with van der Waals surface area (Å²) in [6.45, 7) is 0.404. The monoisotopic (exact) mass is 529 g/mol. The molecule has 11 nitrogen and oxygen atoms in total. The largest absolute Gasteiger partial charge is 0.477 e. The third-order valence-electron chi connectivity index (χ3n) is 6.45. The van der Waals surface area contributed by atoms with Gasteiger partial charge in [0.25, 0.3) is 11.8 Å². The molecule has 1 unspecified atom stereocenters. The molecule has 13 heteroatoms. The number of thiazole rings is 1. The van der Waals surface area contributed by atoms with E-state index >= 15 is 0 Å². The van der Waals surface area contributed by atoms with Crippen molar-refractivity contribution in [2.24, 2.45) is 5.16 Å². The Labute approximate surface area is 215 Å². The van der Waals surface area contributed by atoms with Gasteiger partial charge < -0.3 is 21.0 Å². The van der Waals surface area contributed by atoms with E-state index in [-0.39, 0.29) is 22.2 Å². The standard InChI is InChI=1S/C23H24N6O5S2/c1-34-27-16(14-11-36-23(24)25-14)19(30)26-17-20(31)29-18(22(32)33)13(10-35-21(17)29)9-28-8-4-6-12-5-2-3-7-15(12)28/h4,6,8,11,17,21H,2-3,5,7,9-10H2,1H3,(H3-,24,25,26,30,32,33)/p+1/t17-,21?/m1/s1. The van der Waals surface area contributed by atoms with Crippen LogP contribution < -0.4 is 15.6 Å². The molecule has 0 bridgehead atoms. The number of aromatic nitrogens is 2. The Morgan fingerprint density at radius 3 is 2.92 bits per heavy atom. The van der Waals surface area contributed by atoms with Gasteiger partial charge in [-0.3, -0.25) is 14.5 Å². The molecular weight excluding hydrogens is 504 g/mol. The molecule has 4 N–H and O–H groups in total. The molecule has 1 fully saturated rings. The van der Waals surface area contributed by atoms with Gasteiger partial charge in [-0.05, 0) is 25.3 Å². The first-order chi connectivity index (χ1) is 17.4. The van der Waals surface area contributed by atoms with Crippen LogP contribution in [0, 0.1) is 0 Å². The lowest BCUT2D eigenvalue weighted by Crippen LogP contribution is -2.71. The summed E-state index contributed by atoms with van der Waals surface area (Å²) in [7, 11) is 1.30. The number of fused-ring (bicyclic) bond motifs is 2. The van der Waals surface area contributed by atoms with Gasteiger partial charge >= 0.3 is 5.97 Å². The van der Waals surface area contributed by atoms with Gasteiger partial charge in [0.2, 0.25) is 0 Å². The van der Waals surface area contributed by atoms with Crippen LogP contribution in [0.2, 0.25) is 0 Å². The molecule has 5 rings (SSSR count). The van der Waals surface area contributed by atoms with E-state index in [1.54, 1.807) is 5.38 Å². The van der Waals surface area contributed by atoms with E-state index < -0.39 is 29.2 Å². The molecule has 2 aliphatic heterocycles. The van der Waals surface area contributed by atoms with Crippen molar-refractivity contribution in [3.05, 3.63) is 51.9 Å². The van der Waals surface area contributed by atoms with Crippen LogP contribution >= 0.6 is 23.1 Å². The predicted molar refractivity (Wildman–Crippen MR) is 133 cm³/mol. The molecule has 3 aliphatic rings. The van der Waals surface area contributed by atoms with Crippen molar-refractivity contribution < 1.29 is 28.9 Å². The second-order valence-electron chi connectivity index (χ2n) is 8.63. The van der Waals surface area contributed by atoms with E-state index in [0.717, 1.165) is 37.0 Å². The third kappa shape index (κ3) is 4.32. The Kier molecular flexibility index (Phi) is 6.67. The van der Waals surface area contributed by atoms with Crippen LogP contribution in [-0.4, -0.2) is 62.8 Å². The van der Waals surface area contributed by atoms with Crippen LogP contribution in [0.1, 0.15) is 29.8 Å². The molecule has 0 radical (unpaired) electrons. The summed E-state index contributed by atoms with van der Waals surface area (Å²) in [6, 6.07) is 3.21. The van der Waals surface area contributed by atoms with Gasteiger partial charge in [0.15, 0.2) is 29.3 Å². The van der Waals surface area contributed by atoms with Gasteiger partial charge in [0, 0.05) is 34.8 Å². The van der Waals surface area contributed by atoms with E-state index in [1.165, 1.54) is 35.0 Å². The maximum Gasteiger partial charge on any atom is 0.352 e. The lowest BCUT2D eigenvalue weighted by Gasteiger charge is -2.49. The third-order valence-corrected chi connectivity index (χ3v) is 8.46. The van der Waals surface area contributed by atoms with Crippen LogP contribution in [0.15, 0.2) is 40.1 Å². The number of carboxylic acids is 1. The molecule has 4 heterocycles. The number of β-lactam (4-membered cyclic amide) rings is 1. The van der Waals surface area contributed by atoms with Crippen molar-refractivity contribution in [2.75, 3.05) is 18.6 Å². The van der Waals surface area contributed by atoms with Crippen LogP contribution in [-0.2, 0) is 38.6 Å². The Hall–Kier alpha value is -3.45. The molecule has 2 aromatic heterocycles. The highest BCUT2D eigenvalue weighted by molar-refractivity contribution is 8.00. The average Bonchev–Trinajstić information content (AvgIpc) is 3.31. The number of hydrogen-bond donors (Lipinski definition) is 3. The number of amides is 2. The lowest BCUT2D eigenvalue weighted by molar-refractivity contribution is -0.697. The fourth-order valence-corrected chi connectivity index (χ4v) is 6.72. The summed E-state index contributed by atoms with van der Waals surface area (Å²) in [5, 5.41) is 17.7. The lowest BCUT2D eigenvalue weighted by atomic mass is 9.95. The van der Waals surface area contributed by atoms with Crippen LogP contribution in [0.5, 0.6) is 0 Å². The number of nitrogens with one attached hydrogen (secondary N) is 1. The highest BCUT2D eigenvalue weighted by Crippen LogP contribution is 2.40. The Morgan fingerprint density at radius 2 is 2.19 bits per heavy atom. The van der Waals surface area contributed by atoms with E-state index in [9.17, 15) is 19.5 Å². The second kappa shape index (κ2) is 9.90. The predicted octanol–water partition coefficient (Wildman–Crippen LogP) is 0.681. The first-order valence-electron chi connectivity index (χ1n) is 11.4. The molecule has 2 amide bonds. The minimum Gasteiger partial charge on any atom is -0.477 e. The number of carboxylic acid groups (broad SMARTS) is 1. The number of aryl methyl sites for hydroxylation is 1. The van der Waals surface area contributed by atoms with E-state index in [0.29, 0.717) is 17.9 Å². The van der Waals surface area contributed by atoms with Gasteiger partial charge in [-0.1, -0.05) is 5.16 Å². The van der Waals surface area contributed by atoms with Crippen molar-refractivity contribution in [1.29, 1.82) is 0 Å². The summed E-state index contributed by atoms with van der Waals surface area (Å²) < 4.78 is 2.10. The molecule has 0 spiro atoms. The van der Waals surface area contributed by atoms with Crippen molar-refractivity contribution in [1.82, 2.24) is 15.2 Å². The van der Waals surface area contributed by atoms with Crippen LogP contribution in [0.25, 0.3) is 0 Å². The highest BCUT2D eigenvalue weighted by atomic mass is 32.2. The average molecular weight is 530 g/mol. The van der Waals surface area contributed by atoms with Crippen molar-refractivity contribution >= 4 is 51.7 Å². The fraction of sp³-hybridized carbons (Fsp3) is 0.391. The number of aliphatic carboxylic acids is 1.